The van der Waals surface area contributed by atoms with E-state index in [-0.39, 0.29) is 12.3 Å². The first-order valence-corrected chi connectivity index (χ1v) is 6.43. The van der Waals surface area contributed by atoms with Crippen molar-refractivity contribution in [3.63, 3.8) is 0 Å². The third kappa shape index (κ3) is 4.82. The zero-order chi connectivity index (χ0) is 15.5. The van der Waals surface area contributed by atoms with Crippen LogP contribution in [0.25, 0.3) is 0 Å². The van der Waals surface area contributed by atoms with Crippen LogP contribution in [0.1, 0.15) is 12.8 Å². The summed E-state index contributed by atoms with van der Waals surface area (Å²) in [5, 5.41) is 12.1. The molecule has 1 atom stereocenters. The van der Waals surface area contributed by atoms with E-state index >= 15 is 0 Å². The van der Waals surface area contributed by atoms with Gasteiger partial charge in [-0.3, -0.25) is 0 Å². The largest absolute Gasteiger partial charge is 0.573 e. The molecule has 1 fully saturated rings. The number of hydrogen-bond acceptors (Lipinski definition) is 3. The monoisotopic (exact) mass is 304 g/mol. The van der Waals surface area contributed by atoms with E-state index < -0.39 is 18.5 Å². The normalized spacial score (nSPS) is 19.2. The van der Waals surface area contributed by atoms with Gasteiger partial charge in [0.2, 0.25) is 0 Å². The fraction of sp³-hybridized carbons (Fsp3) is 0.462. The number of likely N-dealkylation sites (tertiary alicyclic amines) is 1. The Balaban J connectivity index is 1.92. The average molecular weight is 304 g/mol. The number of carbonyl (C=O) groups excluding carboxylic acids is 1. The Morgan fingerprint density at radius 2 is 2.00 bits per heavy atom. The number of alkyl halides is 3. The minimum atomic E-state index is -4.74. The molecular weight excluding hydrogens is 289 g/mol. The standard InChI is InChI=1S/C13H15F3N2O3/c14-13(15,16)21-11-5-3-9(4-6-11)17-12(20)18-7-1-2-10(19)8-18/h3-6,10,19H,1-2,7-8H2,(H,17,20). The van der Waals surface area contributed by atoms with E-state index in [2.05, 4.69) is 10.1 Å². The molecule has 0 radical (unpaired) electrons. The minimum Gasteiger partial charge on any atom is -0.406 e. The zero-order valence-electron chi connectivity index (χ0n) is 11.1. The number of hydrogen-bond donors (Lipinski definition) is 2. The number of anilines is 1. The molecule has 0 aromatic heterocycles. The maximum Gasteiger partial charge on any atom is 0.573 e. The molecule has 1 unspecified atom stereocenters. The highest BCUT2D eigenvalue weighted by molar-refractivity contribution is 5.89. The molecule has 2 rings (SSSR count). The van der Waals surface area contributed by atoms with Gasteiger partial charge in [-0.15, -0.1) is 13.2 Å². The number of aliphatic hydroxyl groups is 1. The maximum absolute atomic E-state index is 12.0. The summed E-state index contributed by atoms with van der Waals surface area (Å²) in [7, 11) is 0. The maximum atomic E-state index is 12.0. The molecule has 8 heteroatoms. The number of piperidine rings is 1. The van der Waals surface area contributed by atoms with Crippen molar-refractivity contribution >= 4 is 11.7 Å². The fourth-order valence-electron chi connectivity index (χ4n) is 2.08. The number of amides is 2. The molecule has 2 amide bonds. The van der Waals surface area contributed by atoms with Crippen molar-refractivity contribution < 1.29 is 27.8 Å². The summed E-state index contributed by atoms with van der Waals surface area (Å²) in [6, 6.07) is 4.49. The van der Waals surface area contributed by atoms with Gasteiger partial charge in [-0.25, -0.2) is 4.79 Å². The van der Waals surface area contributed by atoms with E-state index in [9.17, 15) is 23.1 Å². The molecule has 1 aromatic rings. The van der Waals surface area contributed by atoms with Gasteiger partial charge in [-0.1, -0.05) is 0 Å². The van der Waals surface area contributed by atoms with Crippen LogP contribution in [0.4, 0.5) is 23.7 Å². The highest BCUT2D eigenvalue weighted by atomic mass is 19.4. The zero-order valence-corrected chi connectivity index (χ0v) is 11.1. The lowest BCUT2D eigenvalue weighted by atomic mass is 10.1. The summed E-state index contributed by atoms with van der Waals surface area (Å²) >= 11 is 0. The summed E-state index contributed by atoms with van der Waals surface area (Å²) in [4.78, 5) is 13.4. The first kappa shape index (κ1) is 15.4. The predicted molar refractivity (Wildman–Crippen MR) is 69.0 cm³/mol. The summed E-state index contributed by atoms with van der Waals surface area (Å²) in [5.74, 6) is -0.353. The Kier molecular flexibility index (Phi) is 4.56. The van der Waals surface area contributed by atoms with Gasteiger partial charge in [0, 0.05) is 18.8 Å². The third-order valence-electron chi connectivity index (χ3n) is 3.02. The average Bonchev–Trinajstić information content (AvgIpc) is 2.39. The molecule has 5 nitrogen and oxygen atoms in total. The highest BCUT2D eigenvalue weighted by Crippen LogP contribution is 2.24. The van der Waals surface area contributed by atoms with E-state index in [1.807, 2.05) is 0 Å². The molecule has 0 aliphatic carbocycles. The lowest BCUT2D eigenvalue weighted by Gasteiger charge is -2.30. The van der Waals surface area contributed by atoms with Crippen LogP contribution in [-0.2, 0) is 0 Å². The van der Waals surface area contributed by atoms with E-state index in [1.54, 1.807) is 0 Å². The molecule has 1 aliphatic rings. The number of urea groups is 1. The quantitative estimate of drug-likeness (QED) is 0.883. The number of ether oxygens (including phenoxy) is 1. The Hall–Kier alpha value is -1.96. The molecule has 0 bridgehead atoms. The number of aliphatic hydroxyl groups excluding tert-OH is 1. The molecule has 0 saturated carbocycles. The number of nitrogens with zero attached hydrogens (tertiary/aromatic N) is 1. The van der Waals surface area contributed by atoms with Crippen molar-refractivity contribution in [2.75, 3.05) is 18.4 Å². The Morgan fingerprint density at radius 3 is 2.57 bits per heavy atom. The van der Waals surface area contributed by atoms with Crippen LogP contribution in [0.3, 0.4) is 0 Å². The molecule has 21 heavy (non-hydrogen) atoms. The Bertz CT molecular complexity index is 490. The van der Waals surface area contributed by atoms with Gasteiger partial charge in [0.15, 0.2) is 0 Å². The van der Waals surface area contributed by atoms with Crippen LogP contribution in [0.2, 0.25) is 0 Å². The number of rotatable bonds is 2. The molecule has 2 N–H and O–H groups in total. The van der Waals surface area contributed by atoms with E-state index in [0.29, 0.717) is 25.1 Å². The highest BCUT2D eigenvalue weighted by Gasteiger charge is 2.31. The molecule has 1 aromatic carbocycles. The first-order valence-electron chi connectivity index (χ1n) is 6.43. The number of nitrogens with one attached hydrogen (secondary N) is 1. The van der Waals surface area contributed by atoms with Crippen molar-refractivity contribution in [3.05, 3.63) is 24.3 Å². The SMILES string of the molecule is O=C(Nc1ccc(OC(F)(F)F)cc1)N1CCCC(O)C1. The molecule has 1 saturated heterocycles. The van der Waals surface area contributed by atoms with Crippen LogP contribution in [-0.4, -0.2) is 41.6 Å². The van der Waals surface area contributed by atoms with Gasteiger partial charge < -0.3 is 20.1 Å². The van der Waals surface area contributed by atoms with Crippen molar-refractivity contribution in [1.29, 1.82) is 0 Å². The molecular formula is C13H15F3N2O3. The topological polar surface area (TPSA) is 61.8 Å². The van der Waals surface area contributed by atoms with Gasteiger partial charge in [0.05, 0.1) is 6.10 Å². The molecule has 0 spiro atoms. The Labute approximate surface area is 119 Å². The van der Waals surface area contributed by atoms with Gasteiger partial charge in [-0.05, 0) is 37.1 Å². The summed E-state index contributed by atoms with van der Waals surface area (Å²) < 4.78 is 39.8. The van der Waals surface area contributed by atoms with Crippen molar-refractivity contribution in [1.82, 2.24) is 4.90 Å². The van der Waals surface area contributed by atoms with Gasteiger partial charge >= 0.3 is 12.4 Å². The predicted octanol–water partition coefficient (Wildman–Crippen LogP) is 2.57. The first-order chi connectivity index (χ1) is 9.83. The minimum absolute atomic E-state index is 0.251. The number of β-amino-alcohol motifs (C(OH)–C–C–N with tert-alkyl or cyclic N) is 1. The van der Waals surface area contributed by atoms with Crippen molar-refractivity contribution in [2.45, 2.75) is 25.3 Å². The summed E-state index contributed by atoms with van der Waals surface area (Å²) in [6.45, 7) is 0.791. The number of benzene rings is 1. The second kappa shape index (κ2) is 6.21. The summed E-state index contributed by atoms with van der Waals surface area (Å²) in [6.07, 6.45) is -3.90. The fourth-order valence-corrected chi connectivity index (χ4v) is 2.08. The second-order valence-electron chi connectivity index (χ2n) is 4.74. The van der Waals surface area contributed by atoms with Crippen LogP contribution < -0.4 is 10.1 Å². The van der Waals surface area contributed by atoms with Crippen LogP contribution in [0.15, 0.2) is 24.3 Å². The van der Waals surface area contributed by atoms with Gasteiger partial charge in [0.1, 0.15) is 5.75 Å². The second-order valence-corrected chi connectivity index (χ2v) is 4.74. The lowest BCUT2D eigenvalue weighted by molar-refractivity contribution is -0.274. The van der Waals surface area contributed by atoms with Crippen LogP contribution in [0, 0.1) is 0 Å². The number of carbonyl (C=O) groups is 1. The third-order valence-corrected chi connectivity index (χ3v) is 3.02. The molecule has 1 aliphatic heterocycles. The van der Waals surface area contributed by atoms with Gasteiger partial charge in [0.25, 0.3) is 0 Å². The lowest BCUT2D eigenvalue weighted by Crippen LogP contribution is -2.44. The van der Waals surface area contributed by atoms with E-state index in [4.69, 9.17) is 0 Å². The number of halogens is 3. The smallest absolute Gasteiger partial charge is 0.406 e. The van der Waals surface area contributed by atoms with E-state index in [0.717, 1.165) is 12.1 Å². The van der Waals surface area contributed by atoms with Crippen molar-refractivity contribution in [2.24, 2.45) is 0 Å². The molecule has 116 valence electrons. The summed E-state index contributed by atoms with van der Waals surface area (Å²) in [5.41, 5.74) is 0.356. The van der Waals surface area contributed by atoms with Crippen molar-refractivity contribution in [3.8, 4) is 5.75 Å². The van der Waals surface area contributed by atoms with E-state index in [1.165, 1.54) is 17.0 Å². The van der Waals surface area contributed by atoms with Crippen LogP contribution in [0.5, 0.6) is 5.75 Å². The van der Waals surface area contributed by atoms with Gasteiger partial charge in [-0.2, -0.15) is 0 Å². The van der Waals surface area contributed by atoms with Crippen LogP contribution >= 0.6 is 0 Å². The molecule has 1 heterocycles. The Morgan fingerprint density at radius 1 is 1.33 bits per heavy atom.